The Hall–Kier alpha value is -1.33. The molecular weight excluding hydrogens is 208 g/mol. The monoisotopic (exact) mass is 230 g/mol. The molecule has 2 heteroatoms. The second-order valence-corrected chi connectivity index (χ2v) is 4.79. The molecule has 0 radical (unpaired) electrons. The summed E-state index contributed by atoms with van der Waals surface area (Å²) >= 11 is 0. The summed E-state index contributed by atoms with van der Waals surface area (Å²) in [6.07, 6.45) is 3.60. The minimum Gasteiger partial charge on any atom is -0.308 e. The molecule has 0 aliphatic carbocycles. The maximum atomic E-state index is 9.16. The van der Waals surface area contributed by atoms with Crippen molar-refractivity contribution in [3.8, 4) is 6.07 Å². The number of nitrogens with zero attached hydrogens (tertiary/aromatic N) is 2. The van der Waals surface area contributed by atoms with Gasteiger partial charge in [-0.25, -0.2) is 0 Å². The lowest BCUT2D eigenvalue weighted by atomic mass is 9.97. The van der Waals surface area contributed by atoms with Crippen LogP contribution in [0.5, 0.6) is 0 Å². The SMILES string of the molecule is CCCCc1ccc(C(C#N)CN(C)C)cc1. The number of nitriles is 1. The molecule has 0 aliphatic heterocycles. The number of unbranched alkanes of at least 4 members (excludes halogenated alkanes) is 1. The van der Waals surface area contributed by atoms with Gasteiger partial charge in [-0.15, -0.1) is 0 Å². The Kier molecular flexibility index (Phi) is 5.72. The van der Waals surface area contributed by atoms with Crippen molar-refractivity contribution in [2.45, 2.75) is 32.1 Å². The second-order valence-electron chi connectivity index (χ2n) is 4.79. The minimum atomic E-state index is -0.0229. The minimum absolute atomic E-state index is 0.0229. The fourth-order valence-corrected chi connectivity index (χ4v) is 1.88. The molecular formula is C15H22N2. The zero-order valence-corrected chi connectivity index (χ0v) is 11.1. The summed E-state index contributed by atoms with van der Waals surface area (Å²) in [5.74, 6) is -0.0229. The number of hydrogen-bond donors (Lipinski definition) is 0. The average Bonchev–Trinajstić information content (AvgIpc) is 2.34. The molecule has 0 saturated heterocycles. The summed E-state index contributed by atoms with van der Waals surface area (Å²) in [5.41, 5.74) is 2.50. The van der Waals surface area contributed by atoms with Crippen molar-refractivity contribution < 1.29 is 0 Å². The highest BCUT2D eigenvalue weighted by molar-refractivity contribution is 5.29. The van der Waals surface area contributed by atoms with Crippen LogP contribution in [0.1, 0.15) is 36.8 Å². The second kappa shape index (κ2) is 7.09. The number of hydrogen-bond acceptors (Lipinski definition) is 2. The summed E-state index contributed by atoms with van der Waals surface area (Å²) in [6.45, 7) is 2.99. The van der Waals surface area contributed by atoms with Crippen molar-refractivity contribution in [3.05, 3.63) is 35.4 Å². The largest absolute Gasteiger partial charge is 0.308 e. The molecule has 17 heavy (non-hydrogen) atoms. The van der Waals surface area contributed by atoms with Gasteiger partial charge in [0.25, 0.3) is 0 Å². The highest BCUT2D eigenvalue weighted by Gasteiger charge is 2.11. The summed E-state index contributed by atoms with van der Waals surface area (Å²) in [4.78, 5) is 2.05. The third kappa shape index (κ3) is 4.58. The topological polar surface area (TPSA) is 27.0 Å². The number of rotatable bonds is 6. The van der Waals surface area contributed by atoms with Gasteiger partial charge in [0.15, 0.2) is 0 Å². The van der Waals surface area contributed by atoms with Crippen LogP contribution in [0.2, 0.25) is 0 Å². The number of benzene rings is 1. The lowest BCUT2D eigenvalue weighted by Gasteiger charge is -2.15. The van der Waals surface area contributed by atoms with E-state index in [-0.39, 0.29) is 5.92 Å². The van der Waals surface area contributed by atoms with Gasteiger partial charge in [-0.1, -0.05) is 37.6 Å². The molecule has 0 spiro atoms. The Morgan fingerprint density at radius 3 is 2.35 bits per heavy atom. The predicted octanol–water partition coefficient (Wildman–Crippen LogP) is 3.20. The molecule has 1 atom stereocenters. The fourth-order valence-electron chi connectivity index (χ4n) is 1.88. The van der Waals surface area contributed by atoms with Gasteiger partial charge in [0.2, 0.25) is 0 Å². The van der Waals surface area contributed by atoms with Gasteiger partial charge in [-0.3, -0.25) is 0 Å². The van der Waals surface area contributed by atoms with Crippen molar-refractivity contribution in [2.75, 3.05) is 20.6 Å². The normalized spacial score (nSPS) is 12.4. The summed E-state index contributed by atoms with van der Waals surface area (Å²) in [6, 6.07) is 10.9. The molecule has 0 bridgehead atoms. The van der Waals surface area contributed by atoms with Crippen molar-refractivity contribution in [1.29, 1.82) is 5.26 Å². The Morgan fingerprint density at radius 2 is 1.88 bits per heavy atom. The highest BCUT2D eigenvalue weighted by Crippen LogP contribution is 2.17. The average molecular weight is 230 g/mol. The first-order valence-electron chi connectivity index (χ1n) is 6.30. The van der Waals surface area contributed by atoms with Crippen molar-refractivity contribution in [1.82, 2.24) is 4.90 Å². The Balaban J connectivity index is 2.68. The molecule has 0 amide bonds. The number of aryl methyl sites for hydroxylation is 1. The summed E-state index contributed by atoms with van der Waals surface area (Å²) in [5, 5.41) is 9.16. The van der Waals surface area contributed by atoms with Gasteiger partial charge in [0, 0.05) is 6.54 Å². The molecule has 1 aromatic carbocycles. The van der Waals surface area contributed by atoms with E-state index in [2.05, 4.69) is 42.2 Å². The first kappa shape index (κ1) is 13.7. The van der Waals surface area contributed by atoms with Crippen LogP contribution in [0.15, 0.2) is 24.3 Å². The maximum Gasteiger partial charge on any atom is 0.0839 e. The van der Waals surface area contributed by atoms with E-state index in [4.69, 9.17) is 5.26 Å². The van der Waals surface area contributed by atoms with E-state index in [1.807, 2.05) is 14.1 Å². The molecule has 0 N–H and O–H groups in total. The van der Waals surface area contributed by atoms with Gasteiger partial charge in [-0.05, 0) is 38.1 Å². The van der Waals surface area contributed by atoms with Gasteiger partial charge < -0.3 is 4.90 Å². The molecule has 0 heterocycles. The van der Waals surface area contributed by atoms with Crippen LogP contribution in [0.3, 0.4) is 0 Å². The van der Waals surface area contributed by atoms with E-state index in [0.717, 1.165) is 18.5 Å². The van der Waals surface area contributed by atoms with Crippen LogP contribution in [0.25, 0.3) is 0 Å². The molecule has 2 nitrogen and oxygen atoms in total. The van der Waals surface area contributed by atoms with Crippen molar-refractivity contribution in [3.63, 3.8) is 0 Å². The molecule has 1 aromatic rings. The quantitative estimate of drug-likeness (QED) is 0.750. The fraction of sp³-hybridized carbons (Fsp3) is 0.533. The van der Waals surface area contributed by atoms with E-state index in [1.165, 1.54) is 18.4 Å². The molecule has 0 saturated carbocycles. The van der Waals surface area contributed by atoms with Gasteiger partial charge >= 0.3 is 0 Å². The highest BCUT2D eigenvalue weighted by atomic mass is 15.1. The van der Waals surface area contributed by atoms with Crippen molar-refractivity contribution in [2.24, 2.45) is 0 Å². The Morgan fingerprint density at radius 1 is 1.24 bits per heavy atom. The van der Waals surface area contributed by atoms with Crippen LogP contribution >= 0.6 is 0 Å². The first-order valence-corrected chi connectivity index (χ1v) is 6.30. The molecule has 1 unspecified atom stereocenters. The Labute approximate surface area is 105 Å². The lowest BCUT2D eigenvalue weighted by Crippen LogP contribution is -2.19. The predicted molar refractivity (Wildman–Crippen MR) is 72.0 cm³/mol. The maximum absolute atomic E-state index is 9.16. The standard InChI is InChI=1S/C15H22N2/c1-4-5-6-13-7-9-14(10-8-13)15(11-16)12-17(2)3/h7-10,15H,4-6,12H2,1-3H3. The van der Waals surface area contributed by atoms with E-state index in [0.29, 0.717) is 0 Å². The van der Waals surface area contributed by atoms with E-state index in [9.17, 15) is 0 Å². The van der Waals surface area contributed by atoms with E-state index < -0.39 is 0 Å². The Bertz CT molecular complexity index is 360. The van der Waals surface area contributed by atoms with Crippen LogP contribution in [0.4, 0.5) is 0 Å². The van der Waals surface area contributed by atoms with Crippen LogP contribution in [-0.2, 0) is 6.42 Å². The van der Waals surface area contributed by atoms with E-state index >= 15 is 0 Å². The third-order valence-corrected chi connectivity index (χ3v) is 2.90. The first-order chi connectivity index (χ1) is 8.17. The zero-order chi connectivity index (χ0) is 12.7. The van der Waals surface area contributed by atoms with Crippen LogP contribution in [0, 0.1) is 11.3 Å². The van der Waals surface area contributed by atoms with Gasteiger partial charge in [0.1, 0.15) is 0 Å². The molecule has 0 aliphatic rings. The smallest absolute Gasteiger partial charge is 0.0839 e. The zero-order valence-electron chi connectivity index (χ0n) is 11.1. The van der Waals surface area contributed by atoms with Crippen LogP contribution in [-0.4, -0.2) is 25.5 Å². The van der Waals surface area contributed by atoms with Gasteiger partial charge in [0.05, 0.1) is 12.0 Å². The molecule has 0 aromatic heterocycles. The summed E-state index contributed by atoms with van der Waals surface area (Å²) < 4.78 is 0. The molecule has 1 rings (SSSR count). The van der Waals surface area contributed by atoms with E-state index in [1.54, 1.807) is 0 Å². The van der Waals surface area contributed by atoms with Crippen LogP contribution < -0.4 is 0 Å². The van der Waals surface area contributed by atoms with Crippen molar-refractivity contribution >= 4 is 0 Å². The molecule has 0 fully saturated rings. The lowest BCUT2D eigenvalue weighted by molar-refractivity contribution is 0.398. The summed E-state index contributed by atoms with van der Waals surface area (Å²) in [7, 11) is 4.00. The number of likely N-dealkylation sites (N-methyl/N-ethyl adjacent to an activating group) is 1. The third-order valence-electron chi connectivity index (χ3n) is 2.90. The molecule has 92 valence electrons. The van der Waals surface area contributed by atoms with Gasteiger partial charge in [-0.2, -0.15) is 5.26 Å².